The largest absolute Gasteiger partial charge is 0.392 e. The van der Waals surface area contributed by atoms with E-state index in [1.54, 1.807) is 6.08 Å². The smallest absolute Gasteiger partial charge is 0.0614 e. The molecule has 0 aliphatic carbocycles. The van der Waals surface area contributed by atoms with Crippen LogP contribution < -0.4 is 0 Å². The maximum absolute atomic E-state index is 9.61. The van der Waals surface area contributed by atoms with E-state index in [9.17, 15) is 5.11 Å². The van der Waals surface area contributed by atoms with Crippen LogP contribution in [-0.4, -0.2) is 11.2 Å². The van der Waals surface area contributed by atoms with E-state index in [-0.39, 0.29) is 6.10 Å². The van der Waals surface area contributed by atoms with Crippen LogP contribution >= 0.6 is 0 Å². The highest BCUT2D eigenvalue weighted by atomic mass is 16.3. The van der Waals surface area contributed by atoms with Crippen LogP contribution in [0.2, 0.25) is 0 Å². The second-order valence-electron chi connectivity index (χ2n) is 3.88. The molecule has 14 heavy (non-hydrogen) atoms. The van der Waals surface area contributed by atoms with Gasteiger partial charge in [0, 0.05) is 0 Å². The first kappa shape index (κ1) is 11.0. The number of benzene rings is 1. The first-order valence-corrected chi connectivity index (χ1v) is 4.98. The Morgan fingerprint density at radius 2 is 1.86 bits per heavy atom. The van der Waals surface area contributed by atoms with Crippen molar-refractivity contribution in [2.24, 2.45) is 0 Å². The lowest BCUT2D eigenvalue weighted by atomic mass is 10.0. The summed E-state index contributed by atoms with van der Waals surface area (Å²) in [4.78, 5) is 0. The molecule has 1 heteroatoms. The van der Waals surface area contributed by atoms with E-state index < -0.39 is 0 Å². The maximum atomic E-state index is 9.61. The predicted octanol–water partition coefficient (Wildman–Crippen LogP) is 2.78. The normalized spacial score (nSPS) is 12.5. The molecule has 1 aromatic rings. The molecule has 1 rings (SSSR count). The fraction of sp³-hybridized carbons (Fsp3) is 0.385. The third-order valence-electron chi connectivity index (χ3n) is 2.19. The van der Waals surface area contributed by atoms with Gasteiger partial charge in [0.15, 0.2) is 0 Å². The van der Waals surface area contributed by atoms with Gasteiger partial charge in [-0.1, -0.05) is 35.4 Å². The standard InChI is InChI=1S/C13H18O/c1-4-5-13(14)9-12-7-10(2)6-11(3)8-12/h4,6-8,13-14H,1,5,9H2,2-3H3. The van der Waals surface area contributed by atoms with Gasteiger partial charge in [-0.15, -0.1) is 6.58 Å². The van der Waals surface area contributed by atoms with Crippen LogP contribution in [0.4, 0.5) is 0 Å². The molecule has 0 aliphatic heterocycles. The topological polar surface area (TPSA) is 20.2 Å². The fourth-order valence-electron chi connectivity index (χ4n) is 1.73. The first-order valence-electron chi connectivity index (χ1n) is 4.98. The van der Waals surface area contributed by atoms with E-state index in [0.29, 0.717) is 12.8 Å². The van der Waals surface area contributed by atoms with Crippen molar-refractivity contribution in [3.63, 3.8) is 0 Å². The summed E-state index contributed by atoms with van der Waals surface area (Å²) in [6, 6.07) is 6.39. The summed E-state index contributed by atoms with van der Waals surface area (Å²) < 4.78 is 0. The Hall–Kier alpha value is -1.08. The number of rotatable bonds is 4. The second kappa shape index (κ2) is 4.97. The number of aryl methyl sites for hydroxylation is 2. The summed E-state index contributed by atoms with van der Waals surface area (Å²) in [5.41, 5.74) is 3.72. The SMILES string of the molecule is C=CCC(O)Cc1cc(C)cc(C)c1. The van der Waals surface area contributed by atoms with Gasteiger partial charge < -0.3 is 5.11 Å². The van der Waals surface area contributed by atoms with Crippen molar-refractivity contribution in [3.8, 4) is 0 Å². The predicted molar refractivity (Wildman–Crippen MR) is 60.4 cm³/mol. The first-order chi connectivity index (χ1) is 6.61. The van der Waals surface area contributed by atoms with Gasteiger partial charge in [0.2, 0.25) is 0 Å². The number of hydrogen-bond acceptors (Lipinski definition) is 1. The maximum Gasteiger partial charge on any atom is 0.0614 e. The van der Waals surface area contributed by atoms with Gasteiger partial charge in [-0.25, -0.2) is 0 Å². The van der Waals surface area contributed by atoms with Crippen molar-refractivity contribution >= 4 is 0 Å². The van der Waals surface area contributed by atoms with E-state index in [1.807, 2.05) is 0 Å². The lowest BCUT2D eigenvalue weighted by Gasteiger charge is -2.09. The molecule has 0 radical (unpaired) electrons. The molecule has 1 unspecified atom stereocenters. The molecule has 0 spiro atoms. The van der Waals surface area contributed by atoms with Gasteiger partial charge >= 0.3 is 0 Å². The molecule has 76 valence electrons. The molecule has 0 amide bonds. The average molecular weight is 190 g/mol. The summed E-state index contributed by atoms with van der Waals surface area (Å²) in [5.74, 6) is 0. The summed E-state index contributed by atoms with van der Waals surface area (Å²) >= 11 is 0. The third-order valence-corrected chi connectivity index (χ3v) is 2.19. The Balaban J connectivity index is 2.71. The van der Waals surface area contributed by atoms with Crippen LogP contribution in [0.25, 0.3) is 0 Å². The highest BCUT2D eigenvalue weighted by molar-refractivity contribution is 5.28. The second-order valence-corrected chi connectivity index (χ2v) is 3.88. The van der Waals surface area contributed by atoms with Crippen LogP contribution in [0.1, 0.15) is 23.1 Å². The Bertz CT molecular complexity index is 295. The van der Waals surface area contributed by atoms with Crippen LogP contribution in [-0.2, 0) is 6.42 Å². The Morgan fingerprint density at radius 1 is 1.29 bits per heavy atom. The Morgan fingerprint density at radius 3 is 2.36 bits per heavy atom. The van der Waals surface area contributed by atoms with Crippen LogP contribution in [0.15, 0.2) is 30.9 Å². The number of aliphatic hydroxyl groups excluding tert-OH is 1. The van der Waals surface area contributed by atoms with Gasteiger partial charge in [0.1, 0.15) is 0 Å². The lowest BCUT2D eigenvalue weighted by molar-refractivity contribution is 0.178. The summed E-state index contributed by atoms with van der Waals surface area (Å²) in [7, 11) is 0. The lowest BCUT2D eigenvalue weighted by Crippen LogP contribution is -2.09. The van der Waals surface area contributed by atoms with Crippen molar-refractivity contribution in [3.05, 3.63) is 47.5 Å². The van der Waals surface area contributed by atoms with Gasteiger partial charge in [-0.05, 0) is 32.3 Å². The highest BCUT2D eigenvalue weighted by Gasteiger charge is 2.03. The Kier molecular flexibility index (Phi) is 3.90. The zero-order valence-corrected chi connectivity index (χ0v) is 8.96. The number of hydrogen-bond donors (Lipinski definition) is 1. The van der Waals surface area contributed by atoms with Crippen LogP contribution in [0.5, 0.6) is 0 Å². The summed E-state index contributed by atoms with van der Waals surface area (Å²) in [6.07, 6.45) is 2.84. The summed E-state index contributed by atoms with van der Waals surface area (Å²) in [6.45, 7) is 7.78. The molecule has 1 N–H and O–H groups in total. The molecule has 1 nitrogen and oxygen atoms in total. The van der Waals surface area contributed by atoms with Gasteiger partial charge in [0.25, 0.3) is 0 Å². The van der Waals surface area contributed by atoms with E-state index in [1.165, 1.54) is 16.7 Å². The van der Waals surface area contributed by atoms with Crippen molar-refractivity contribution in [2.75, 3.05) is 0 Å². The molecule has 0 aliphatic rings. The molecule has 1 atom stereocenters. The number of aliphatic hydroxyl groups is 1. The zero-order chi connectivity index (χ0) is 10.6. The molecule has 0 bridgehead atoms. The molecular formula is C13H18O. The zero-order valence-electron chi connectivity index (χ0n) is 8.96. The monoisotopic (exact) mass is 190 g/mol. The van der Waals surface area contributed by atoms with Crippen LogP contribution in [0.3, 0.4) is 0 Å². The average Bonchev–Trinajstić information content (AvgIpc) is 2.01. The van der Waals surface area contributed by atoms with Crippen molar-refractivity contribution in [1.82, 2.24) is 0 Å². The van der Waals surface area contributed by atoms with Crippen molar-refractivity contribution in [1.29, 1.82) is 0 Å². The van der Waals surface area contributed by atoms with E-state index in [0.717, 1.165) is 0 Å². The minimum atomic E-state index is -0.298. The molecule has 0 heterocycles. The molecule has 1 aromatic carbocycles. The molecule has 0 aromatic heterocycles. The quantitative estimate of drug-likeness (QED) is 0.724. The van der Waals surface area contributed by atoms with E-state index >= 15 is 0 Å². The summed E-state index contributed by atoms with van der Waals surface area (Å²) in [5, 5.41) is 9.61. The van der Waals surface area contributed by atoms with Crippen molar-refractivity contribution in [2.45, 2.75) is 32.8 Å². The van der Waals surface area contributed by atoms with Gasteiger partial charge in [-0.2, -0.15) is 0 Å². The highest BCUT2D eigenvalue weighted by Crippen LogP contribution is 2.12. The minimum Gasteiger partial charge on any atom is -0.392 e. The molecule has 0 saturated carbocycles. The van der Waals surface area contributed by atoms with Crippen molar-refractivity contribution < 1.29 is 5.11 Å². The molecule has 0 saturated heterocycles. The third kappa shape index (κ3) is 3.35. The molecular weight excluding hydrogens is 172 g/mol. The van der Waals surface area contributed by atoms with Gasteiger partial charge in [0.05, 0.1) is 6.10 Å². The van der Waals surface area contributed by atoms with E-state index in [2.05, 4.69) is 38.6 Å². The molecule has 0 fully saturated rings. The van der Waals surface area contributed by atoms with Crippen LogP contribution in [0, 0.1) is 13.8 Å². The van der Waals surface area contributed by atoms with E-state index in [4.69, 9.17) is 0 Å². The minimum absolute atomic E-state index is 0.298. The van der Waals surface area contributed by atoms with Gasteiger partial charge in [-0.3, -0.25) is 0 Å². The fourth-order valence-corrected chi connectivity index (χ4v) is 1.73. The Labute approximate surface area is 86.1 Å².